The number of carbonyl (C=O) groups is 1. The van der Waals surface area contributed by atoms with Crippen LogP contribution in [0.15, 0.2) is 30.3 Å². The fourth-order valence-corrected chi connectivity index (χ4v) is 2.95. The van der Waals surface area contributed by atoms with Crippen molar-refractivity contribution in [1.29, 1.82) is 0 Å². The number of hydrogen-bond donors (Lipinski definition) is 2. The third-order valence-electron chi connectivity index (χ3n) is 2.93. The maximum Gasteiger partial charge on any atom is 0.356 e. The fraction of sp³-hybridized carbons (Fsp3) is 0.0714. The first-order valence-corrected chi connectivity index (χ1v) is 6.88. The van der Waals surface area contributed by atoms with E-state index in [-0.39, 0.29) is 11.5 Å². The summed E-state index contributed by atoms with van der Waals surface area (Å²) >= 11 is 1.40. The molecule has 2 aromatic heterocycles. The van der Waals surface area contributed by atoms with Crippen molar-refractivity contribution in [1.82, 2.24) is 15.2 Å². The van der Waals surface area contributed by atoms with E-state index in [0.29, 0.717) is 5.69 Å². The summed E-state index contributed by atoms with van der Waals surface area (Å²) in [5.41, 5.74) is 2.14. The van der Waals surface area contributed by atoms with Gasteiger partial charge in [0.25, 0.3) is 0 Å². The van der Waals surface area contributed by atoms with Gasteiger partial charge < -0.3 is 5.11 Å². The zero-order valence-corrected chi connectivity index (χ0v) is 11.7. The van der Waals surface area contributed by atoms with E-state index in [1.165, 1.54) is 29.5 Å². The first kappa shape index (κ1) is 13.4. The van der Waals surface area contributed by atoms with Gasteiger partial charge in [0.1, 0.15) is 10.8 Å². The lowest BCUT2D eigenvalue weighted by atomic mass is 10.2. The number of aromatic nitrogens is 3. The van der Waals surface area contributed by atoms with Crippen LogP contribution in [0.5, 0.6) is 0 Å². The van der Waals surface area contributed by atoms with Crippen molar-refractivity contribution in [2.75, 3.05) is 0 Å². The van der Waals surface area contributed by atoms with Gasteiger partial charge in [-0.15, -0.1) is 11.3 Å². The van der Waals surface area contributed by atoms with Gasteiger partial charge in [-0.2, -0.15) is 5.10 Å². The molecular formula is C14H10FN3O2S. The second-order valence-electron chi connectivity index (χ2n) is 4.41. The zero-order valence-electron chi connectivity index (χ0n) is 10.9. The minimum absolute atomic E-state index is 0.0406. The second-order valence-corrected chi connectivity index (χ2v) is 5.41. The van der Waals surface area contributed by atoms with E-state index in [1.807, 2.05) is 6.92 Å². The van der Waals surface area contributed by atoms with Crippen LogP contribution in [0.25, 0.3) is 21.1 Å². The van der Waals surface area contributed by atoms with Gasteiger partial charge in [-0.1, -0.05) is 0 Å². The SMILES string of the molecule is Cc1nc(-c2ccc(F)cc2)sc1-c1cc(C(=O)O)n[nH]1. The van der Waals surface area contributed by atoms with Gasteiger partial charge in [-0.05, 0) is 37.3 Å². The van der Waals surface area contributed by atoms with Crippen LogP contribution in [-0.4, -0.2) is 26.3 Å². The van der Waals surface area contributed by atoms with Gasteiger partial charge in [0.05, 0.1) is 16.3 Å². The molecule has 0 unspecified atom stereocenters. The van der Waals surface area contributed by atoms with Gasteiger partial charge in [-0.3, -0.25) is 5.10 Å². The summed E-state index contributed by atoms with van der Waals surface area (Å²) in [7, 11) is 0. The Kier molecular flexibility index (Phi) is 3.26. The number of H-pyrrole nitrogens is 1. The summed E-state index contributed by atoms with van der Waals surface area (Å²) in [6.07, 6.45) is 0. The summed E-state index contributed by atoms with van der Waals surface area (Å²) in [4.78, 5) is 16.1. The molecule has 106 valence electrons. The normalized spacial score (nSPS) is 10.8. The molecule has 0 atom stereocenters. The summed E-state index contributed by atoms with van der Waals surface area (Å²) in [5, 5.41) is 16.1. The highest BCUT2D eigenvalue weighted by Crippen LogP contribution is 2.34. The van der Waals surface area contributed by atoms with Crippen LogP contribution in [0.1, 0.15) is 16.2 Å². The lowest BCUT2D eigenvalue weighted by Crippen LogP contribution is -1.95. The number of rotatable bonds is 3. The molecule has 1 aromatic carbocycles. The fourth-order valence-electron chi connectivity index (χ4n) is 1.91. The molecule has 5 nitrogen and oxygen atoms in total. The maximum atomic E-state index is 12.9. The molecule has 0 aliphatic carbocycles. The maximum absolute atomic E-state index is 12.9. The molecule has 2 heterocycles. The summed E-state index contributed by atoms with van der Waals surface area (Å²) in [6.45, 7) is 1.83. The van der Waals surface area contributed by atoms with Gasteiger partial charge in [0, 0.05) is 5.56 Å². The van der Waals surface area contributed by atoms with E-state index in [9.17, 15) is 9.18 Å². The van der Waals surface area contributed by atoms with Crippen molar-refractivity contribution in [2.24, 2.45) is 0 Å². The quantitative estimate of drug-likeness (QED) is 0.777. The molecule has 0 radical (unpaired) electrons. The third kappa shape index (κ3) is 2.55. The highest BCUT2D eigenvalue weighted by atomic mass is 32.1. The van der Waals surface area contributed by atoms with E-state index >= 15 is 0 Å². The van der Waals surface area contributed by atoms with Crippen LogP contribution in [0.3, 0.4) is 0 Å². The smallest absolute Gasteiger partial charge is 0.356 e. The Labute approximate surface area is 123 Å². The molecule has 2 N–H and O–H groups in total. The first-order valence-electron chi connectivity index (χ1n) is 6.07. The lowest BCUT2D eigenvalue weighted by molar-refractivity contribution is 0.0690. The number of benzene rings is 1. The third-order valence-corrected chi connectivity index (χ3v) is 4.17. The number of nitrogens with zero attached hydrogens (tertiary/aromatic N) is 2. The molecule has 7 heteroatoms. The van der Waals surface area contributed by atoms with Crippen LogP contribution in [0, 0.1) is 12.7 Å². The Morgan fingerprint density at radius 1 is 1.33 bits per heavy atom. The number of thiazole rings is 1. The first-order chi connectivity index (χ1) is 10.0. The van der Waals surface area contributed by atoms with Crippen LogP contribution < -0.4 is 0 Å². The van der Waals surface area contributed by atoms with Crippen LogP contribution in [0.4, 0.5) is 4.39 Å². The van der Waals surface area contributed by atoms with Crippen LogP contribution in [0.2, 0.25) is 0 Å². The van der Waals surface area contributed by atoms with Crippen molar-refractivity contribution in [3.05, 3.63) is 47.5 Å². The summed E-state index contributed by atoms with van der Waals surface area (Å²) < 4.78 is 12.9. The molecule has 0 amide bonds. The summed E-state index contributed by atoms with van der Waals surface area (Å²) in [5.74, 6) is -1.38. The van der Waals surface area contributed by atoms with Gasteiger partial charge >= 0.3 is 5.97 Å². The largest absolute Gasteiger partial charge is 0.476 e. The molecule has 0 saturated heterocycles. The predicted molar refractivity (Wildman–Crippen MR) is 76.8 cm³/mol. The number of carboxylic acid groups (broad SMARTS) is 1. The zero-order chi connectivity index (χ0) is 15.0. The standard InChI is InChI=1S/C14H10FN3O2S/c1-7-12(10-6-11(14(19)20)18-17-10)21-13(16-7)8-2-4-9(15)5-3-8/h2-6H,1H3,(H,17,18)(H,19,20). The molecule has 0 fully saturated rings. The topological polar surface area (TPSA) is 78.9 Å². The Hall–Kier alpha value is -2.54. The average molecular weight is 303 g/mol. The predicted octanol–water partition coefficient (Wildman–Crippen LogP) is 3.35. The number of hydrogen-bond acceptors (Lipinski definition) is 4. The van der Waals surface area contributed by atoms with Gasteiger partial charge in [0.2, 0.25) is 0 Å². The number of aromatic amines is 1. The molecule has 0 aliphatic rings. The minimum Gasteiger partial charge on any atom is -0.476 e. The average Bonchev–Trinajstić information content (AvgIpc) is 3.06. The number of aryl methyl sites for hydroxylation is 1. The van der Waals surface area contributed by atoms with E-state index in [2.05, 4.69) is 15.2 Å². The second kappa shape index (κ2) is 5.10. The monoisotopic (exact) mass is 303 g/mol. The van der Waals surface area contributed by atoms with E-state index < -0.39 is 5.97 Å². The molecule has 0 aliphatic heterocycles. The van der Waals surface area contributed by atoms with E-state index in [4.69, 9.17) is 5.11 Å². The van der Waals surface area contributed by atoms with Crippen molar-refractivity contribution in [3.8, 4) is 21.1 Å². The molecular weight excluding hydrogens is 293 g/mol. The van der Waals surface area contributed by atoms with Crippen LogP contribution in [-0.2, 0) is 0 Å². The number of carboxylic acids is 1. The minimum atomic E-state index is -1.08. The summed E-state index contributed by atoms with van der Waals surface area (Å²) in [6, 6.07) is 7.55. The van der Waals surface area contributed by atoms with Crippen molar-refractivity contribution in [3.63, 3.8) is 0 Å². The van der Waals surface area contributed by atoms with Crippen LogP contribution >= 0.6 is 11.3 Å². The Balaban J connectivity index is 2.00. The number of halogens is 1. The molecule has 3 rings (SSSR count). The molecule has 0 saturated carbocycles. The van der Waals surface area contributed by atoms with Crippen molar-refractivity contribution >= 4 is 17.3 Å². The lowest BCUT2D eigenvalue weighted by Gasteiger charge is -1.94. The van der Waals surface area contributed by atoms with E-state index in [1.54, 1.807) is 12.1 Å². The van der Waals surface area contributed by atoms with Crippen molar-refractivity contribution < 1.29 is 14.3 Å². The highest BCUT2D eigenvalue weighted by Gasteiger charge is 2.15. The number of aromatic carboxylic acids is 1. The van der Waals surface area contributed by atoms with Gasteiger partial charge in [-0.25, -0.2) is 14.2 Å². The Morgan fingerprint density at radius 3 is 2.67 bits per heavy atom. The molecule has 0 spiro atoms. The van der Waals surface area contributed by atoms with E-state index in [0.717, 1.165) is 21.1 Å². The number of nitrogens with one attached hydrogen (secondary N) is 1. The highest BCUT2D eigenvalue weighted by molar-refractivity contribution is 7.18. The molecule has 0 bridgehead atoms. The molecule has 21 heavy (non-hydrogen) atoms. The van der Waals surface area contributed by atoms with Gasteiger partial charge in [0.15, 0.2) is 5.69 Å². The Bertz CT molecular complexity index is 808. The van der Waals surface area contributed by atoms with Crippen molar-refractivity contribution in [2.45, 2.75) is 6.92 Å². The molecule has 3 aromatic rings. The Morgan fingerprint density at radius 2 is 2.05 bits per heavy atom.